The van der Waals surface area contributed by atoms with Crippen molar-refractivity contribution in [3.63, 3.8) is 0 Å². The molecule has 0 atom stereocenters. The van der Waals surface area contributed by atoms with Crippen molar-refractivity contribution in [1.29, 1.82) is 0 Å². The largest absolute Gasteiger partial charge is 0.457 e. The molecule has 9 rings (SSSR count). The van der Waals surface area contributed by atoms with Gasteiger partial charge in [-0.2, -0.15) is 0 Å². The first-order valence-corrected chi connectivity index (χ1v) is 18.5. The molecular formula is C49H42N4O. The van der Waals surface area contributed by atoms with Gasteiger partial charge in [-0.1, -0.05) is 106 Å². The number of rotatable bonds is 7. The molecular weight excluding hydrogens is 661 g/mol. The molecule has 8 aromatic rings. The van der Waals surface area contributed by atoms with Crippen LogP contribution in [-0.4, -0.2) is 16.2 Å². The number of para-hydroxylation sites is 1. The standard InChI is InChI=1S/C49H42N4O/c1-34-27-37(35-13-7-5-8-14-35)19-22-45(34)52-26-25-51(33-52)40-28-38(36-15-9-6-10-16-36)29-42(31-40)54-41-20-21-44-43-17-11-12-18-46(43)53(47(44)32-41)48-30-39(23-24-50-48)49(2,3)4/h5-32H,33H2,1-4H3. The van der Waals surface area contributed by atoms with Gasteiger partial charge < -0.3 is 14.5 Å². The fourth-order valence-corrected chi connectivity index (χ4v) is 7.54. The maximum Gasteiger partial charge on any atom is 0.137 e. The average molecular weight is 703 g/mol. The first kappa shape index (κ1) is 33.3. The number of ether oxygens (including phenoxy) is 1. The summed E-state index contributed by atoms with van der Waals surface area (Å²) < 4.78 is 9.06. The molecule has 0 fully saturated rings. The first-order chi connectivity index (χ1) is 26.3. The van der Waals surface area contributed by atoms with E-state index in [2.05, 4.69) is 206 Å². The van der Waals surface area contributed by atoms with Crippen LogP contribution in [0.4, 0.5) is 11.4 Å². The Morgan fingerprint density at radius 1 is 0.556 bits per heavy atom. The van der Waals surface area contributed by atoms with Crippen LogP contribution in [0.15, 0.2) is 170 Å². The summed E-state index contributed by atoms with van der Waals surface area (Å²) in [6.07, 6.45) is 6.24. The second-order valence-electron chi connectivity index (χ2n) is 15.1. The van der Waals surface area contributed by atoms with Gasteiger partial charge in [-0.05, 0) is 100 Å². The number of fused-ring (bicyclic) bond motifs is 3. The minimum atomic E-state index is -0.000413. The number of aromatic nitrogens is 2. The molecule has 0 saturated carbocycles. The van der Waals surface area contributed by atoms with Gasteiger partial charge in [0.05, 0.1) is 17.7 Å². The summed E-state index contributed by atoms with van der Waals surface area (Å²) in [5, 5.41) is 2.35. The predicted molar refractivity (Wildman–Crippen MR) is 225 cm³/mol. The molecule has 54 heavy (non-hydrogen) atoms. The van der Waals surface area contributed by atoms with E-state index in [4.69, 9.17) is 9.72 Å². The first-order valence-electron chi connectivity index (χ1n) is 18.5. The number of anilines is 2. The van der Waals surface area contributed by atoms with Crippen LogP contribution >= 0.6 is 0 Å². The number of nitrogens with zero attached hydrogens (tertiary/aromatic N) is 4. The van der Waals surface area contributed by atoms with Crippen LogP contribution in [0.2, 0.25) is 0 Å². The van der Waals surface area contributed by atoms with Crippen molar-refractivity contribution in [2.75, 3.05) is 16.5 Å². The molecule has 0 saturated heterocycles. The van der Waals surface area contributed by atoms with Gasteiger partial charge in [0, 0.05) is 52.9 Å². The molecule has 0 bridgehead atoms. The summed E-state index contributed by atoms with van der Waals surface area (Å²) in [4.78, 5) is 9.45. The van der Waals surface area contributed by atoms with Gasteiger partial charge in [-0.25, -0.2) is 4.98 Å². The number of benzene rings is 6. The Bertz CT molecular complexity index is 2670. The summed E-state index contributed by atoms with van der Waals surface area (Å²) in [6.45, 7) is 9.59. The van der Waals surface area contributed by atoms with Gasteiger partial charge >= 0.3 is 0 Å². The van der Waals surface area contributed by atoms with E-state index in [0.29, 0.717) is 6.67 Å². The summed E-state index contributed by atoms with van der Waals surface area (Å²) in [5.74, 6) is 2.44. The molecule has 2 aromatic heterocycles. The van der Waals surface area contributed by atoms with E-state index in [0.717, 1.165) is 50.6 Å². The lowest BCUT2D eigenvalue weighted by atomic mass is 9.88. The van der Waals surface area contributed by atoms with Gasteiger partial charge in [0.1, 0.15) is 17.3 Å². The second kappa shape index (κ2) is 13.4. The Morgan fingerprint density at radius 2 is 1.26 bits per heavy atom. The zero-order valence-corrected chi connectivity index (χ0v) is 31.1. The molecule has 1 aliphatic rings. The van der Waals surface area contributed by atoms with E-state index in [-0.39, 0.29) is 5.41 Å². The van der Waals surface area contributed by atoms with Crippen LogP contribution in [0, 0.1) is 6.92 Å². The molecule has 3 heterocycles. The zero-order valence-electron chi connectivity index (χ0n) is 31.1. The van der Waals surface area contributed by atoms with Crippen molar-refractivity contribution in [3.05, 3.63) is 181 Å². The lowest BCUT2D eigenvalue weighted by Gasteiger charge is -2.24. The molecule has 6 aromatic carbocycles. The van der Waals surface area contributed by atoms with Crippen molar-refractivity contribution in [3.8, 4) is 39.6 Å². The summed E-state index contributed by atoms with van der Waals surface area (Å²) in [5.41, 5.74) is 11.6. The van der Waals surface area contributed by atoms with Gasteiger partial charge in [-0.15, -0.1) is 0 Å². The predicted octanol–water partition coefficient (Wildman–Crippen LogP) is 12.7. The lowest BCUT2D eigenvalue weighted by molar-refractivity contribution is 0.483. The fourth-order valence-electron chi connectivity index (χ4n) is 7.54. The second-order valence-corrected chi connectivity index (χ2v) is 15.1. The molecule has 1 aliphatic heterocycles. The van der Waals surface area contributed by atoms with Crippen LogP contribution in [-0.2, 0) is 5.41 Å². The zero-order chi connectivity index (χ0) is 36.8. The van der Waals surface area contributed by atoms with Crippen LogP contribution < -0.4 is 14.5 Å². The Morgan fingerprint density at radius 3 is 2.02 bits per heavy atom. The Balaban J connectivity index is 1.07. The van der Waals surface area contributed by atoms with Crippen molar-refractivity contribution in [2.45, 2.75) is 33.1 Å². The fraction of sp³-hybridized carbons (Fsp3) is 0.122. The molecule has 264 valence electrons. The van der Waals surface area contributed by atoms with Crippen molar-refractivity contribution in [1.82, 2.24) is 9.55 Å². The molecule has 0 aliphatic carbocycles. The quantitative estimate of drug-likeness (QED) is 0.166. The molecule has 5 heteroatoms. The number of hydrogen-bond donors (Lipinski definition) is 0. The van der Waals surface area contributed by atoms with E-state index in [9.17, 15) is 0 Å². The van der Waals surface area contributed by atoms with E-state index in [1.54, 1.807) is 0 Å². The topological polar surface area (TPSA) is 33.5 Å². The highest BCUT2D eigenvalue weighted by molar-refractivity contribution is 6.09. The van der Waals surface area contributed by atoms with Crippen LogP contribution in [0.3, 0.4) is 0 Å². The number of hydrogen-bond acceptors (Lipinski definition) is 4. The monoisotopic (exact) mass is 702 g/mol. The lowest BCUT2D eigenvalue weighted by Crippen LogP contribution is -2.25. The average Bonchev–Trinajstić information content (AvgIpc) is 3.82. The van der Waals surface area contributed by atoms with E-state index >= 15 is 0 Å². The molecule has 5 nitrogen and oxygen atoms in total. The SMILES string of the molecule is Cc1cc(-c2ccccc2)ccc1N1C=CN(c2cc(Oc3ccc4c5ccccc5n(-c5cc(C(C)(C)C)ccn5)c4c3)cc(-c3ccccc3)c2)C1. The van der Waals surface area contributed by atoms with Crippen LogP contribution in [0.25, 0.3) is 49.9 Å². The third kappa shape index (κ3) is 6.28. The van der Waals surface area contributed by atoms with Gasteiger partial charge in [0.2, 0.25) is 0 Å². The molecule has 0 radical (unpaired) electrons. The third-order valence-corrected chi connectivity index (χ3v) is 10.4. The maximum absolute atomic E-state index is 6.80. The Hall–Kier alpha value is -6.59. The van der Waals surface area contributed by atoms with E-state index < -0.39 is 0 Å². The minimum absolute atomic E-state index is 0.000413. The summed E-state index contributed by atoms with van der Waals surface area (Å²) in [6, 6.07) is 53.6. The highest BCUT2D eigenvalue weighted by Gasteiger charge is 2.21. The third-order valence-electron chi connectivity index (χ3n) is 10.4. The van der Waals surface area contributed by atoms with Crippen LogP contribution in [0.1, 0.15) is 31.9 Å². The minimum Gasteiger partial charge on any atom is -0.457 e. The molecule has 0 spiro atoms. The Labute approximate surface area is 317 Å². The van der Waals surface area contributed by atoms with Gasteiger partial charge in [0.25, 0.3) is 0 Å². The van der Waals surface area contributed by atoms with Crippen molar-refractivity contribution < 1.29 is 4.74 Å². The molecule has 0 N–H and O–H groups in total. The summed E-state index contributed by atoms with van der Waals surface area (Å²) in [7, 11) is 0. The maximum atomic E-state index is 6.80. The van der Waals surface area contributed by atoms with Crippen molar-refractivity contribution in [2.24, 2.45) is 0 Å². The molecule has 0 unspecified atom stereocenters. The van der Waals surface area contributed by atoms with Gasteiger partial charge in [-0.3, -0.25) is 4.57 Å². The number of aryl methyl sites for hydroxylation is 1. The number of pyridine rings is 1. The highest BCUT2D eigenvalue weighted by Crippen LogP contribution is 2.39. The normalized spacial score (nSPS) is 13.0. The molecule has 0 amide bonds. The highest BCUT2D eigenvalue weighted by atomic mass is 16.5. The van der Waals surface area contributed by atoms with Gasteiger partial charge in [0.15, 0.2) is 0 Å². The smallest absolute Gasteiger partial charge is 0.137 e. The Kier molecular flexibility index (Phi) is 8.27. The van der Waals surface area contributed by atoms with Crippen LogP contribution in [0.5, 0.6) is 11.5 Å². The van der Waals surface area contributed by atoms with E-state index in [1.807, 2.05) is 6.20 Å². The van der Waals surface area contributed by atoms with E-state index in [1.165, 1.54) is 33.3 Å². The summed E-state index contributed by atoms with van der Waals surface area (Å²) >= 11 is 0. The van der Waals surface area contributed by atoms with Crippen molar-refractivity contribution >= 4 is 33.2 Å².